The number of halogens is 3. The van der Waals surface area contributed by atoms with Crippen molar-refractivity contribution >= 4 is 48.9 Å². The molecule has 0 amide bonds. The fraction of sp³-hybridized carbons (Fsp3) is 0.417. The third-order valence-electron chi connectivity index (χ3n) is 2.36. The van der Waals surface area contributed by atoms with E-state index in [1.807, 2.05) is 6.92 Å². The van der Waals surface area contributed by atoms with Crippen LogP contribution in [-0.2, 0) is 18.5 Å². The normalized spacial score (nSPS) is 13.0. The van der Waals surface area contributed by atoms with E-state index < -0.39 is 26.0 Å². The van der Waals surface area contributed by atoms with Crippen molar-refractivity contribution in [2.45, 2.75) is 24.8 Å². The zero-order valence-electron chi connectivity index (χ0n) is 11.2. The van der Waals surface area contributed by atoms with Gasteiger partial charge in [0.1, 0.15) is 11.0 Å². The maximum atomic E-state index is 11.9. The molecule has 1 rings (SSSR count). The summed E-state index contributed by atoms with van der Waals surface area (Å²) < 4.78 is 33.0. The second-order valence-electron chi connectivity index (χ2n) is 4.08. The minimum atomic E-state index is -4.13. The molecule has 0 saturated heterocycles. The highest BCUT2D eigenvalue weighted by molar-refractivity contribution is 8.13. The molecule has 1 aromatic rings. The van der Waals surface area contributed by atoms with E-state index in [4.69, 9.17) is 43.4 Å². The predicted octanol–water partition coefficient (Wildman–Crippen LogP) is 3.50. The third kappa shape index (κ3) is 5.30. The average molecular weight is 376 g/mol. The molecule has 1 atom stereocenters. The SMILES string of the molecule is CCOCC(C)OC(=O)c1cc(Cl)c(Cl)c(S(=O)(=O)Cl)c1. The second-order valence-corrected chi connectivity index (χ2v) is 7.40. The molecule has 1 unspecified atom stereocenters. The van der Waals surface area contributed by atoms with E-state index in [9.17, 15) is 13.2 Å². The summed E-state index contributed by atoms with van der Waals surface area (Å²) in [5.41, 5.74) is -0.0630. The van der Waals surface area contributed by atoms with Crippen LogP contribution in [0.15, 0.2) is 17.0 Å². The molecule has 0 bridgehead atoms. The van der Waals surface area contributed by atoms with Crippen molar-refractivity contribution in [3.05, 3.63) is 27.7 Å². The number of hydrogen-bond donors (Lipinski definition) is 0. The molecule has 0 aromatic heterocycles. The van der Waals surface area contributed by atoms with Crippen LogP contribution in [0.3, 0.4) is 0 Å². The van der Waals surface area contributed by atoms with Gasteiger partial charge in [-0.1, -0.05) is 23.2 Å². The Morgan fingerprint density at radius 3 is 2.48 bits per heavy atom. The number of esters is 1. The lowest BCUT2D eigenvalue weighted by molar-refractivity contribution is 0.00437. The predicted molar refractivity (Wildman–Crippen MR) is 80.9 cm³/mol. The van der Waals surface area contributed by atoms with Crippen LogP contribution in [0, 0.1) is 0 Å². The smallest absolute Gasteiger partial charge is 0.338 e. The van der Waals surface area contributed by atoms with Crippen LogP contribution in [0.5, 0.6) is 0 Å². The Kier molecular flexibility index (Phi) is 6.74. The molecule has 9 heteroatoms. The number of ether oxygens (including phenoxy) is 2. The van der Waals surface area contributed by atoms with Crippen molar-refractivity contribution in [1.82, 2.24) is 0 Å². The van der Waals surface area contributed by atoms with Gasteiger partial charge in [0.15, 0.2) is 0 Å². The molecule has 0 heterocycles. The van der Waals surface area contributed by atoms with Crippen molar-refractivity contribution in [2.24, 2.45) is 0 Å². The van der Waals surface area contributed by atoms with Crippen LogP contribution in [0.4, 0.5) is 0 Å². The van der Waals surface area contributed by atoms with Crippen molar-refractivity contribution in [3.63, 3.8) is 0 Å². The van der Waals surface area contributed by atoms with E-state index in [-0.39, 0.29) is 22.2 Å². The van der Waals surface area contributed by atoms with Gasteiger partial charge in [-0.3, -0.25) is 0 Å². The molecule has 0 fully saturated rings. The first kappa shape index (κ1) is 18.5. The first-order chi connectivity index (χ1) is 9.66. The number of carbonyl (C=O) groups excluding carboxylic acids is 1. The summed E-state index contributed by atoms with van der Waals surface area (Å²) in [7, 11) is 1.11. The molecule has 0 saturated carbocycles. The Bertz CT molecular complexity index is 630. The minimum absolute atomic E-state index is 0.0630. The molecule has 0 aliphatic rings. The van der Waals surface area contributed by atoms with E-state index >= 15 is 0 Å². The highest BCUT2D eigenvalue weighted by Crippen LogP contribution is 2.33. The first-order valence-corrected chi connectivity index (χ1v) is 8.95. The first-order valence-electron chi connectivity index (χ1n) is 5.89. The van der Waals surface area contributed by atoms with Gasteiger partial charge in [0.25, 0.3) is 9.05 Å². The molecule has 0 radical (unpaired) electrons. The van der Waals surface area contributed by atoms with Crippen LogP contribution in [0.2, 0.25) is 10.0 Å². The van der Waals surface area contributed by atoms with Crippen molar-refractivity contribution in [3.8, 4) is 0 Å². The lowest BCUT2D eigenvalue weighted by Gasteiger charge is -2.14. The van der Waals surface area contributed by atoms with E-state index in [1.165, 1.54) is 6.07 Å². The van der Waals surface area contributed by atoms with Crippen molar-refractivity contribution in [2.75, 3.05) is 13.2 Å². The highest BCUT2D eigenvalue weighted by Gasteiger charge is 2.22. The Labute approximate surface area is 137 Å². The number of hydrogen-bond acceptors (Lipinski definition) is 5. The molecular weight excluding hydrogens is 363 g/mol. The Balaban J connectivity index is 3.04. The van der Waals surface area contributed by atoms with Gasteiger partial charge in [-0.05, 0) is 26.0 Å². The van der Waals surface area contributed by atoms with Gasteiger partial charge in [-0.25, -0.2) is 13.2 Å². The third-order valence-corrected chi connectivity index (χ3v) is 4.62. The van der Waals surface area contributed by atoms with Gasteiger partial charge >= 0.3 is 5.97 Å². The molecule has 1 aromatic carbocycles. The van der Waals surface area contributed by atoms with Gasteiger partial charge in [0, 0.05) is 17.3 Å². The topological polar surface area (TPSA) is 69.7 Å². The van der Waals surface area contributed by atoms with E-state index in [2.05, 4.69) is 0 Å². The lowest BCUT2D eigenvalue weighted by Crippen LogP contribution is -2.20. The number of carbonyl (C=O) groups is 1. The van der Waals surface area contributed by atoms with Crippen LogP contribution >= 0.6 is 33.9 Å². The van der Waals surface area contributed by atoms with Gasteiger partial charge in [0.2, 0.25) is 0 Å². The summed E-state index contributed by atoms with van der Waals surface area (Å²) in [6, 6.07) is 2.23. The lowest BCUT2D eigenvalue weighted by atomic mass is 10.2. The molecule has 5 nitrogen and oxygen atoms in total. The Morgan fingerprint density at radius 1 is 1.33 bits per heavy atom. The fourth-order valence-electron chi connectivity index (χ4n) is 1.43. The summed E-state index contributed by atoms with van der Waals surface area (Å²) >= 11 is 11.6. The van der Waals surface area contributed by atoms with Gasteiger partial charge in [-0.15, -0.1) is 0 Å². The second kappa shape index (κ2) is 7.65. The van der Waals surface area contributed by atoms with Crippen molar-refractivity contribution < 1.29 is 22.7 Å². The molecular formula is C12H13Cl3O5S. The molecule has 0 spiro atoms. The molecule has 0 aliphatic heterocycles. The van der Waals surface area contributed by atoms with E-state index in [0.29, 0.717) is 6.61 Å². The van der Waals surface area contributed by atoms with Gasteiger partial charge < -0.3 is 9.47 Å². The maximum absolute atomic E-state index is 11.9. The molecule has 0 aliphatic carbocycles. The Hall–Kier alpha value is -0.530. The van der Waals surface area contributed by atoms with E-state index in [0.717, 1.165) is 6.07 Å². The molecule has 118 valence electrons. The summed E-state index contributed by atoms with van der Waals surface area (Å²) in [4.78, 5) is 11.5. The van der Waals surface area contributed by atoms with Crippen LogP contribution in [0.25, 0.3) is 0 Å². The highest BCUT2D eigenvalue weighted by atomic mass is 35.7. The van der Waals surface area contributed by atoms with Crippen molar-refractivity contribution in [1.29, 1.82) is 0 Å². The quantitative estimate of drug-likeness (QED) is 0.562. The number of benzene rings is 1. The standard InChI is InChI=1S/C12H13Cl3O5S/c1-3-19-6-7(2)20-12(16)8-4-9(13)11(14)10(5-8)21(15,17)18/h4-5,7H,3,6H2,1-2H3. The Morgan fingerprint density at radius 2 is 1.95 bits per heavy atom. The summed E-state index contributed by atoms with van der Waals surface area (Å²) in [6.45, 7) is 4.17. The zero-order chi connectivity index (χ0) is 16.2. The fourth-order valence-corrected chi connectivity index (χ4v) is 3.19. The molecule has 21 heavy (non-hydrogen) atoms. The zero-order valence-corrected chi connectivity index (χ0v) is 14.3. The van der Waals surface area contributed by atoms with Gasteiger partial charge in [0.05, 0.1) is 22.2 Å². The number of rotatable bonds is 6. The van der Waals surface area contributed by atoms with Crippen LogP contribution in [-0.4, -0.2) is 33.7 Å². The summed E-state index contributed by atoms with van der Waals surface area (Å²) in [5, 5.41) is -0.353. The van der Waals surface area contributed by atoms with Crippen LogP contribution in [0.1, 0.15) is 24.2 Å². The summed E-state index contributed by atoms with van der Waals surface area (Å²) in [5.74, 6) is -0.748. The molecule has 0 N–H and O–H groups in total. The van der Waals surface area contributed by atoms with Crippen LogP contribution < -0.4 is 0 Å². The largest absolute Gasteiger partial charge is 0.457 e. The van der Waals surface area contributed by atoms with E-state index in [1.54, 1.807) is 6.92 Å². The summed E-state index contributed by atoms with van der Waals surface area (Å²) in [6.07, 6.45) is -0.497. The maximum Gasteiger partial charge on any atom is 0.338 e. The van der Waals surface area contributed by atoms with Gasteiger partial charge in [-0.2, -0.15) is 0 Å². The minimum Gasteiger partial charge on any atom is -0.457 e. The average Bonchev–Trinajstić information content (AvgIpc) is 2.37. The monoisotopic (exact) mass is 374 g/mol.